The first-order chi connectivity index (χ1) is 5.67. The van der Waals surface area contributed by atoms with Crippen LogP contribution in [0, 0.1) is 5.92 Å². The van der Waals surface area contributed by atoms with Gasteiger partial charge in [-0.05, 0) is 12.8 Å². The molecule has 0 aromatic rings. The Bertz CT molecular complexity index is 138. The van der Waals surface area contributed by atoms with Gasteiger partial charge in [0.05, 0.1) is 12.0 Å². The fraction of sp³-hybridized carbons (Fsp3) is 0.875. The van der Waals surface area contributed by atoms with Gasteiger partial charge < -0.3 is 5.11 Å². The van der Waals surface area contributed by atoms with Crippen molar-refractivity contribution in [1.82, 2.24) is 0 Å². The maximum absolute atomic E-state index is 11.5. The molecule has 2 unspecified atom stereocenters. The van der Waals surface area contributed by atoms with E-state index in [0.29, 0.717) is 12.8 Å². The Morgan fingerprint density at radius 1 is 1.58 bits per heavy atom. The minimum absolute atomic E-state index is 0.393. The summed E-state index contributed by atoms with van der Waals surface area (Å²) in [7, 11) is 0. The fourth-order valence-electron chi connectivity index (χ4n) is 1.15. The number of halogens is 1. The molecule has 0 aliphatic heterocycles. The highest BCUT2D eigenvalue weighted by molar-refractivity contribution is 5.72. The number of carbonyl (C=O) groups excluding carboxylic acids is 1. The maximum Gasteiger partial charge on any atom is 0.354 e. The zero-order valence-electron chi connectivity index (χ0n) is 7.42. The van der Waals surface area contributed by atoms with Crippen LogP contribution in [-0.2, 0) is 9.74 Å². The van der Waals surface area contributed by atoms with E-state index in [1.807, 2.05) is 6.92 Å². The topological polar surface area (TPSA) is 46.5 Å². The number of carbonyl (C=O) groups is 1. The standard InChI is InChI=1S/C8H15FO3/c1-3-5-7(10)6(4-2)8(11)12-9/h6-7,10H,3-5H2,1-2H3. The van der Waals surface area contributed by atoms with Crippen molar-refractivity contribution in [3.05, 3.63) is 0 Å². The highest BCUT2D eigenvalue weighted by Gasteiger charge is 2.26. The van der Waals surface area contributed by atoms with E-state index in [4.69, 9.17) is 0 Å². The monoisotopic (exact) mass is 178 g/mol. The van der Waals surface area contributed by atoms with Crippen LogP contribution in [-0.4, -0.2) is 17.2 Å². The smallest absolute Gasteiger partial charge is 0.354 e. The van der Waals surface area contributed by atoms with Gasteiger partial charge in [-0.3, -0.25) is 4.94 Å². The highest BCUT2D eigenvalue weighted by atomic mass is 19.3. The van der Waals surface area contributed by atoms with Crippen LogP contribution < -0.4 is 0 Å². The molecule has 0 fully saturated rings. The van der Waals surface area contributed by atoms with Gasteiger partial charge in [0.1, 0.15) is 0 Å². The van der Waals surface area contributed by atoms with Crippen molar-refractivity contribution in [2.75, 3.05) is 0 Å². The first-order valence-corrected chi connectivity index (χ1v) is 4.17. The van der Waals surface area contributed by atoms with Gasteiger partial charge in [-0.25, -0.2) is 4.79 Å². The first kappa shape index (κ1) is 11.4. The first-order valence-electron chi connectivity index (χ1n) is 4.17. The van der Waals surface area contributed by atoms with Crippen molar-refractivity contribution in [1.29, 1.82) is 0 Å². The second-order valence-electron chi connectivity index (χ2n) is 2.77. The van der Waals surface area contributed by atoms with Crippen LogP contribution in [0.15, 0.2) is 0 Å². The lowest BCUT2D eigenvalue weighted by Gasteiger charge is -2.16. The Hall–Kier alpha value is -0.640. The molecule has 12 heavy (non-hydrogen) atoms. The van der Waals surface area contributed by atoms with Gasteiger partial charge in [-0.15, -0.1) is 0 Å². The van der Waals surface area contributed by atoms with E-state index in [0.717, 1.165) is 6.42 Å². The zero-order valence-corrected chi connectivity index (χ0v) is 7.42. The SMILES string of the molecule is CCCC(O)C(CC)C(=O)OF. The van der Waals surface area contributed by atoms with Crippen LogP contribution in [0.25, 0.3) is 0 Å². The normalized spacial score (nSPS) is 15.3. The van der Waals surface area contributed by atoms with Gasteiger partial charge in [-0.2, -0.15) is 0 Å². The lowest BCUT2D eigenvalue weighted by molar-refractivity contribution is -0.193. The number of hydrogen-bond acceptors (Lipinski definition) is 3. The van der Waals surface area contributed by atoms with E-state index in [1.165, 1.54) is 0 Å². The average Bonchev–Trinajstić information content (AvgIpc) is 2.06. The predicted octanol–water partition coefficient (Wildman–Crippen LogP) is 1.60. The molecule has 0 bridgehead atoms. The van der Waals surface area contributed by atoms with Crippen molar-refractivity contribution in [3.8, 4) is 0 Å². The third kappa shape index (κ3) is 3.17. The molecule has 0 heterocycles. The summed E-state index contributed by atoms with van der Waals surface area (Å²) in [6.07, 6.45) is 0.859. The van der Waals surface area contributed by atoms with Crippen LogP contribution in [0.1, 0.15) is 33.1 Å². The van der Waals surface area contributed by atoms with Gasteiger partial charge in [0.25, 0.3) is 0 Å². The molecule has 72 valence electrons. The minimum Gasteiger partial charge on any atom is -0.392 e. The molecule has 2 atom stereocenters. The van der Waals surface area contributed by atoms with E-state index in [9.17, 15) is 14.4 Å². The Morgan fingerprint density at radius 2 is 2.17 bits per heavy atom. The molecule has 4 heteroatoms. The maximum atomic E-state index is 11.5. The van der Waals surface area contributed by atoms with E-state index >= 15 is 0 Å². The quantitative estimate of drug-likeness (QED) is 0.695. The van der Waals surface area contributed by atoms with Crippen molar-refractivity contribution in [2.24, 2.45) is 5.92 Å². The summed E-state index contributed by atoms with van der Waals surface area (Å²) >= 11 is 0. The van der Waals surface area contributed by atoms with Crippen molar-refractivity contribution >= 4 is 5.97 Å². The molecule has 0 aliphatic rings. The molecule has 0 amide bonds. The Labute approximate surface area is 71.4 Å². The van der Waals surface area contributed by atoms with Crippen molar-refractivity contribution < 1.29 is 19.4 Å². The highest BCUT2D eigenvalue weighted by Crippen LogP contribution is 2.15. The van der Waals surface area contributed by atoms with Crippen molar-refractivity contribution in [2.45, 2.75) is 39.2 Å². The molecule has 0 aromatic heterocycles. The van der Waals surface area contributed by atoms with E-state index in [2.05, 4.69) is 4.94 Å². The molecular weight excluding hydrogens is 163 g/mol. The third-order valence-electron chi connectivity index (χ3n) is 1.87. The van der Waals surface area contributed by atoms with E-state index in [1.54, 1.807) is 6.92 Å². The molecule has 0 aliphatic carbocycles. The van der Waals surface area contributed by atoms with Crippen LogP contribution in [0.5, 0.6) is 0 Å². The van der Waals surface area contributed by atoms with Gasteiger partial charge in [0, 0.05) is 4.53 Å². The van der Waals surface area contributed by atoms with Crippen LogP contribution >= 0.6 is 0 Å². The largest absolute Gasteiger partial charge is 0.392 e. The summed E-state index contributed by atoms with van der Waals surface area (Å²) in [6, 6.07) is 0. The molecule has 0 radical (unpaired) electrons. The lowest BCUT2D eigenvalue weighted by atomic mass is 9.96. The Morgan fingerprint density at radius 3 is 2.50 bits per heavy atom. The summed E-state index contributed by atoms with van der Waals surface area (Å²) in [5.74, 6) is -1.70. The van der Waals surface area contributed by atoms with E-state index in [-0.39, 0.29) is 0 Å². The number of hydrogen-bond donors (Lipinski definition) is 1. The number of aliphatic hydroxyl groups excluding tert-OH is 1. The molecule has 0 saturated carbocycles. The summed E-state index contributed by atoms with van der Waals surface area (Å²) < 4.78 is 11.5. The summed E-state index contributed by atoms with van der Waals surface area (Å²) in [4.78, 5) is 13.8. The number of rotatable bonds is 5. The van der Waals surface area contributed by atoms with Crippen LogP contribution in [0.4, 0.5) is 4.53 Å². The zero-order chi connectivity index (χ0) is 9.56. The molecule has 0 rings (SSSR count). The number of aliphatic hydroxyl groups is 1. The Kier molecular flexibility index (Phi) is 5.62. The summed E-state index contributed by atoms with van der Waals surface area (Å²) in [6.45, 7) is 3.59. The van der Waals surface area contributed by atoms with E-state index < -0.39 is 18.0 Å². The third-order valence-corrected chi connectivity index (χ3v) is 1.87. The summed E-state index contributed by atoms with van der Waals surface area (Å²) in [5, 5.41) is 9.34. The predicted molar refractivity (Wildman–Crippen MR) is 41.9 cm³/mol. The molecule has 3 nitrogen and oxygen atoms in total. The molecule has 1 N–H and O–H groups in total. The molecule has 0 saturated heterocycles. The molecule has 0 spiro atoms. The van der Waals surface area contributed by atoms with Crippen molar-refractivity contribution in [3.63, 3.8) is 0 Å². The van der Waals surface area contributed by atoms with Gasteiger partial charge in [0.15, 0.2) is 0 Å². The lowest BCUT2D eigenvalue weighted by Crippen LogP contribution is -2.27. The average molecular weight is 178 g/mol. The minimum atomic E-state index is -0.974. The summed E-state index contributed by atoms with van der Waals surface area (Å²) in [5.41, 5.74) is 0. The van der Waals surface area contributed by atoms with Crippen LogP contribution in [0.2, 0.25) is 0 Å². The van der Waals surface area contributed by atoms with Crippen LogP contribution in [0.3, 0.4) is 0 Å². The van der Waals surface area contributed by atoms with Gasteiger partial charge >= 0.3 is 5.97 Å². The fourth-order valence-corrected chi connectivity index (χ4v) is 1.15. The van der Waals surface area contributed by atoms with Gasteiger partial charge in [-0.1, -0.05) is 20.3 Å². The molecule has 0 aromatic carbocycles. The second kappa shape index (κ2) is 5.94. The Balaban J connectivity index is 4.03. The van der Waals surface area contributed by atoms with Gasteiger partial charge in [0.2, 0.25) is 0 Å². The molecular formula is C8H15FO3. The second-order valence-corrected chi connectivity index (χ2v) is 2.77.